The minimum absolute atomic E-state index is 0.295. The molecule has 7 heteroatoms. The normalized spacial score (nSPS) is 11.2. The molecule has 0 fully saturated rings. The third-order valence-electron chi connectivity index (χ3n) is 2.80. The summed E-state index contributed by atoms with van der Waals surface area (Å²) >= 11 is 18.9. The highest BCUT2D eigenvalue weighted by atomic mass is 79.9. The fourth-order valence-corrected chi connectivity index (χ4v) is 3.35. The summed E-state index contributed by atoms with van der Waals surface area (Å²) in [6.45, 7) is 0. The summed E-state index contributed by atoms with van der Waals surface area (Å²) in [5.74, 6) is 1.03. The first-order valence-corrected chi connectivity index (χ1v) is 8.14. The van der Waals surface area contributed by atoms with Crippen molar-refractivity contribution in [3.8, 4) is 5.69 Å². The number of hydrogen-bond acceptors (Lipinski definition) is 2. The fourth-order valence-electron chi connectivity index (χ4n) is 1.99. The van der Waals surface area contributed by atoms with E-state index in [0.29, 0.717) is 10.9 Å². The number of rotatable bonds is 2. The second-order valence-corrected chi connectivity index (χ2v) is 6.56. The molecule has 0 saturated carbocycles. The molecule has 102 valence electrons. The Morgan fingerprint density at radius 1 is 1.20 bits per heavy atom. The minimum Gasteiger partial charge on any atom is -0.279 e. The SMILES string of the molecule is ClCc1nc2cc(Br)cnc2n1-c1ccc(Cl)cc1Br. The molecule has 2 aromatic heterocycles. The van der Waals surface area contributed by atoms with E-state index in [1.54, 1.807) is 6.20 Å². The van der Waals surface area contributed by atoms with E-state index in [9.17, 15) is 0 Å². The Bertz CT molecular complexity index is 802. The number of imidazole rings is 1. The number of alkyl halides is 1. The van der Waals surface area contributed by atoms with Crippen molar-refractivity contribution in [2.24, 2.45) is 0 Å². The molecule has 1 aromatic carbocycles. The Kier molecular flexibility index (Phi) is 4.04. The van der Waals surface area contributed by atoms with Gasteiger partial charge >= 0.3 is 0 Å². The highest BCUT2D eigenvalue weighted by molar-refractivity contribution is 9.10. The summed E-state index contributed by atoms with van der Waals surface area (Å²) in [6.07, 6.45) is 1.74. The van der Waals surface area contributed by atoms with E-state index in [0.717, 1.165) is 31.6 Å². The minimum atomic E-state index is 0.295. The van der Waals surface area contributed by atoms with E-state index in [1.807, 2.05) is 28.8 Å². The molecule has 3 aromatic rings. The van der Waals surface area contributed by atoms with Crippen LogP contribution in [0.3, 0.4) is 0 Å². The van der Waals surface area contributed by atoms with Crippen LogP contribution in [0.15, 0.2) is 39.4 Å². The summed E-state index contributed by atoms with van der Waals surface area (Å²) in [7, 11) is 0. The van der Waals surface area contributed by atoms with Gasteiger partial charge in [0, 0.05) is 20.2 Å². The van der Waals surface area contributed by atoms with Crippen molar-refractivity contribution in [3.63, 3.8) is 0 Å². The summed E-state index contributed by atoms with van der Waals surface area (Å²) < 4.78 is 3.67. The maximum atomic E-state index is 6.01. The van der Waals surface area contributed by atoms with Gasteiger partial charge in [-0.1, -0.05) is 11.6 Å². The van der Waals surface area contributed by atoms with Gasteiger partial charge in [0.05, 0.1) is 11.6 Å². The number of aromatic nitrogens is 3. The van der Waals surface area contributed by atoms with Gasteiger partial charge in [0.1, 0.15) is 11.3 Å². The summed E-state index contributed by atoms with van der Waals surface area (Å²) in [5.41, 5.74) is 2.45. The van der Waals surface area contributed by atoms with Gasteiger partial charge in [-0.3, -0.25) is 4.57 Å². The molecule has 0 N–H and O–H groups in total. The number of halogens is 4. The molecule has 0 aliphatic rings. The highest BCUT2D eigenvalue weighted by Gasteiger charge is 2.15. The van der Waals surface area contributed by atoms with Crippen molar-refractivity contribution in [1.29, 1.82) is 0 Å². The van der Waals surface area contributed by atoms with E-state index in [1.165, 1.54) is 0 Å². The van der Waals surface area contributed by atoms with Crippen LogP contribution in [0.2, 0.25) is 5.02 Å². The van der Waals surface area contributed by atoms with Gasteiger partial charge < -0.3 is 0 Å². The quantitative estimate of drug-likeness (QED) is 0.509. The monoisotopic (exact) mass is 433 g/mol. The molecule has 20 heavy (non-hydrogen) atoms. The Balaban J connectivity index is 2.34. The Labute approximate surface area is 142 Å². The second kappa shape index (κ2) is 5.64. The van der Waals surface area contributed by atoms with Crippen molar-refractivity contribution >= 4 is 66.2 Å². The molecule has 0 aliphatic carbocycles. The van der Waals surface area contributed by atoms with Crippen LogP contribution in [0.1, 0.15) is 5.82 Å². The molecule has 0 radical (unpaired) electrons. The average Bonchev–Trinajstić information content (AvgIpc) is 2.76. The first kappa shape index (κ1) is 14.3. The van der Waals surface area contributed by atoms with Gasteiger partial charge in [0.2, 0.25) is 0 Å². The molecular weight excluding hydrogens is 429 g/mol. The van der Waals surface area contributed by atoms with Crippen LogP contribution in [-0.4, -0.2) is 14.5 Å². The topological polar surface area (TPSA) is 30.7 Å². The number of hydrogen-bond donors (Lipinski definition) is 0. The van der Waals surface area contributed by atoms with E-state index in [4.69, 9.17) is 23.2 Å². The lowest BCUT2D eigenvalue weighted by molar-refractivity contribution is 0.965. The van der Waals surface area contributed by atoms with E-state index in [2.05, 4.69) is 41.8 Å². The van der Waals surface area contributed by atoms with Gasteiger partial charge in [0.15, 0.2) is 5.65 Å². The summed E-state index contributed by atoms with van der Waals surface area (Å²) in [5, 5.41) is 0.660. The largest absolute Gasteiger partial charge is 0.279 e. The lowest BCUT2D eigenvalue weighted by Gasteiger charge is -2.09. The van der Waals surface area contributed by atoms with Gasteiger partial charge in [0.25, 0.3) is 0 Å². The Morgan fingerprint density at radius 2 is 2.00 bits per heavy atom. The molecule has 0 saturated heterocycles. The van der Waals surface area contributed by atoms with Crippen molar-refractivity contribution < 1.29 is 0 Å². The van der Waals surface area contributed by atoms with Crippen LogP contribution in [0.25, 0.3) is 16.9 Å². The van der Waals surface area contributed by atoms with Gasteiger partial charge in [-0.05, 0) is 56.1 Å². The molecule has 0 bridgehead atoms. The molecule has 0 aliphatic heterocycles. The lowest BCUT2D eigenvalue weighted by atomic mass is 10.3. The Hall–Kier alpha value is -0.620. The van der Waals surface area contributed by atoms with Crippen LogP contribution in [0, 0.1) is 0 Å². The first-order valence-electron chi connectivity index (χ1n) is 5.64. The third kappa shape index (κ3) is 2.48. The maximum absolute atomic E-state index is 6.01. The fraction of sp³-hybridized carbons (Fsp3) is 0.0769. The number of pyridine rings is 1. The first-order chi connectivity index (χ1) is 9.60. The van der Waals surface area contributed by atoms with Crippen LogP contribution in [0.4, 0.5) is 0 Å². The zero-order valence-electron chi connectivity index (χ0n) is 9.95. The molecular formula is C13H7Br2Cl2N3. The highest BCUT2D eigenvalue weighted by Crippen LogP contribution is 2.30. The van der Waals surface area contributed by atoms with Gasteiger partial charge in [-0.25, -0.2) is 9.97 Å². The standard InChI is InChI=1S/C13H7Br2Cl2N3/c14-7-3-10-13(18-6-7)20(12(5-16)19-10)11-2-1-8(17)4-9(11)15/h1-4,6H,5H2. The zero-order chi connectivity index (χ0) is 14.3. The number of benzene rings is 1. The molecule has 0 spiro atoms. The molecule has 0 unspecified atom stereocenters. The van der Waals surface area contributed by atoms with Crippen LogP contribution in [0.5, 0.6) is 0 Å². The molecule has 3 rings (SSSR count). The van der Waals surface area contributed by atoms with Crippen molar-refractivity contribution in [2.45, 2.75) is 5.88 Å². The molecule has 0 atom stereocenters. The van der Waals surface area contributed by atoms with Crippen LogP contribution in [-0.2, 0) is 5.88 Å². The maximum Gasteiger partial charge on any atom is 0.164 e. The predicted octanol–water partition coefficient (Wildman–Crippen LogP) is 5.34. The average molecular weight is 436 g/mol. The van der Waals surface area contributed by atoms with Crippen LogP contribution < -0.4 is 0 Å². The summed E-state index contributed by atoms with van der Waals surface area (Å²) in [6, 6.07) is 7.48. The molecule has 3 nitrogen and oxygen atoms in total. The van der Waals surface area contributed by atoms with Crippen molar-refractivity contribution in [2.75, 3.05) is 0 Å². The van der Waals surface area contributed by atoms with E-state index in [-0.39, 0.29) is 0 Å². The predicted molar refractivity (Wildman–Crippen MR) is 88.8 cm³/mol. The second-order valence-electron chi connectivity index (χ2n) is 4.09. The van der Waals surface area contributed by atoms with Gasteiger partial charge in [-0.2, -0.15) is 0 Å². The summed E-state index contributed by atoms with van der Waals surface area (Å²) in [4.78, 5) is 8.95. The molecule has 2 heterocycles. The third-order valence-corrected chi connectivity index (χ3v) is 4.35. The zero-order valence-corrected chi connectivity index (χ0v) is 14.6. The molecule has 0 amide bonds. The lowest BCUT2D eigenvalue weighted by Crippen LogP contribution is -2.01. The van der Waals surface area contributed by atoms with Crippen LogP contribution >= 0.6 is 55.1 Å². The number of nitrogens with zero attached hydrogens (tertiary/aromatic N) is 3. The Morgan fingerprint density at radius 3 is 2.70 bits per heavy atom. The van der Waals surface area contributed by atoms with Crippen molar-refractivity contribution in [1.82, 2.24) is 14.5 Å². The van der Waals surface area contributed by atoms with Gasteiger partial charge in [-0.15, -0.1) is 11.6 Å². The number of fused-ring (bicyclic) bond motifs is 1. The smallest absolute Gasteiger partial charge is 0.164 e. The van der Waals surface area contributed by atoms with E-state index < -0.39 is 0 Å². The van der Waals surface area contributed by atoms with Crippen molar-refractivity contribution in [3.05, 3.63) is 50.3 Å². The van der Waals surface area contributed by atoms with E-state index >= 15 is 0 Å².